The molecule has 0 radical (unpaired) electrons. The monoisotopic (exact) mass is 435 g/mol. The van der Waals surface area contributed by atoms with Crippen molar-refractivity contribution in [2.24, 2.45) is 0 Å². The molecule has 0 spiro atoms. The third-order valence-electron chi connectivity index (χ3n) is 4.20. The van der Waals surface area contributed by atoms with E-state index >= 15 is 0 Å². The summed E-state index contributed by atoms with van der Waals surface area (Å²) in [5, 5.41) is 2.45. The summed E-state index contributed by atoms with van der Waals surface area (Å²) in [7, 11) is 0. The number of aromatic nitrogens is 2. The number of anilines is 1. The third kappa shape index (κ3) is 6.63. The Balaban J connectivity index is 2.24. The average molecular weight is 436 g/mol. The van der Waals surface area contributed by atoms with Crippen LogP contribution in [0, 0.1) is 0 Å². The molecule has 0 saturated carbocycles. The van der Waals surface area contributed by atoms with Gasteiger partial charge in [0.2, 0.25) is 5.95 Å². The van der Waals surface area contributed by atoms with Crippen molar-refractivity contribution in [3.63, 3.8) is 0 Å². The lowest BCUT2D eigenvalue weighted by Crippen LogP contribution is -2.57. The van der Waals surface area contributed by atoms with Gasteiger partial charge in [0, 0.05) is 25.2 Å². The molecule has 2 heterocycles. The van der Waals surface area contributed by atoms with Crippen LogP contribution in [0.15, 0.2) is 6.07 Å². The number of alkyl carbamates (subject to hydrolysis) is 1. The van der Waals surface area contributed by atoms with Crippen LogP contribution in [0.1, 0.15) is 46.0 Å². The maximum atomic E-state index is 13.4. The number of carbonyl (C=O) groups is 1. The summed E-state index contributed by atoms with van der Waals surface area (Å²) in [6.07, 6.45) is -3.37. The van der Waals surface area contributed by atoms with Crippen molar-refractivity contribution in [1.29, 1.82) is 0 Å². The first-order valence-electron chi connectivity index (χ1n) is 9.20. The zero-order valence-electron chi connectivity index (χ0n) is 17.6. The smallest absolute Gasteiger partial charge is 0.433 e. The van der Waals surface area contributed by atoms with Crippen molar-refractivity contribution < 1.29 is 22.7 Å². The lowest BCUT2D eigenvalue weighted by atomic mass is 10.0. The lowest BCUT2D eigenvalue weighted by molar-refractivity contribution is -0.141. The standard InChI is InChI=1S/C18H28F3N5O2S/c1-16(2,3)28-15(27)22-10-12-9-13(18(19,20)21)24-14(23-12)25-7-8-26(29-6)17(4,5)11-25/h9H,7-8,10-11H2,1-6H3,(H,22,27). The minimum atomic E-state index is -4.62. The number of alkyl halides is 3. The molecular formula is C18H28F3N5O2S. The Morgan fingerprint density at radius 1 is 1.28 bits per heavy atom. The van der Waals surface area contributed by atoms with E-state index < -0.39 is 23.6 Å². The highest BCUT2D eigenvalue weighted by molar-refractivity contribution is 7.96. The van der Waals surface area contributed by atoms with Crippen LogP contribution in [0.5, 0.6) is 0 Å². The van der Waals surface area contributed by atoms with Crippen molar-refractivity contribution in [3.8, 4) is 0 Å². The number of rotatable bonds is 4. The maximum Gasteiger partial charge on any atom is 0.433 e. The highest BCUT2D eigenvalue weighted by Crippen LogP contribution is 2.32. The molecule has 0 bridgehead atoms. The van der Waals surface area contributed by atoms with Crippen molar-refractivity contribution in [1.82, 2.24) is 19.6 Å². The van der Waals surface area contributed by atoms with E-state index in [-0.39, 0.29) is 23.7 Å². The third-order valence-corrected chi connectivity index (χ3v) is 5.32. The van der Waals surface area contributed by atoms with E-state index in [1.54, 1.807) is 37.6 Å². The Morgan fingerprint density at radius 2 is 1.93 bits per heavy atom. The fraction of sp³-hybridized carbons (Fsp3) is 0.722. The zero-order chi connectivity index (χ0) is 22.0. The summed E-state index contributed by atoms with van der Waals surface area (Å²) in [5.41, 5.74) is -1.93. The molecule has 29 heavy (non-hydrogen) atoms. The highest BCUT2D eigenvalue weighted by Gasteiger charge is 2.37. The van der Waals surface area contributed by atoms with Gasteiger partial charge in [-0.05, 0) is 46.9 Å². The van der Waals surface area contributed by atoms with Crippen LogP contribution in [0.25, 0.3) is 0 Å². The highest BCUT2D eigenvalue weighted by atomic mass is 32.2. The number of hydrogen-bond donors (Lipinski definition) is 1. The van der Waals surface area contributed by atoms with Crippen molar-refractivity contribution in [3.05, 3.63) is 17.5 Å². The molecule has 1 aliphatic rings. The first-order valence-corrected chi connectivity index (χ1v) is 10.4. The Bertz CT molecular complexity index is 737. The van der Waals surface area contributed by atoms with Crippen LogP contribution in [0.4, 0.5) is 23.9 Å². The summed E-state index contributed by atoms with van der Waals surface area (Å²) >= 11 is 1.60. The number of nitrogens with zero attached hydrogens (tertiary/aromatic N) is 4. The summed E-state index contributed by atoms with van der Waals surface area (Å²) in [4.78, 5) is 21.6. The first-order chi connectivity index (χ1) is 13.2. The number of hydrogen-bond acceptors (Lipinski definition) is 7. The van der Waals surface area contributed by atoms with E-state index in [1.807, 2.05) is 20.1 Å². The molecule has 164 valence electrons. The van der Waals surface area contributed by atoms with Gasteiger partial charge in [-0.25, -0.2) is 19.1 Å². The Hall–Kier alpha value is -1.75. The molecule has 1 aromatic rings. The van der Waals surface area contributed by atoms with Crippen LogP contribution < -0.4 is 10.2 Å². The van der Waals surface area contributed by atoms with Crippen LogP contribution in [0.2, 0.25) is 0 Å². The molecule has 1 aliphatic heterocycles. The van der Waals surface area contributed by atoms with Gasteiger partial charge in [0.15, 0.2) is 0 Å². The molecule has 1 aromatic heterocycles. The number of carbonyl (C=O) groups excluding carboxylic acids is 1. The van der Waals surface area contributed by atoms with E-state index in [0.29, 0.717) is 19.6 Å². The molecule has 11 heteroatoms. The normalized spacial score (nSPS) is 17.9. The first kappa shape index (κ1) is 23.5. The predicted molar refractivity (Wildman–Crippen MR) is 107 cm³/mol. The molecule has 7 nitrogen and oxygen atoms in total. The van der Waals surface area contributed by atoms with Crippen molar-refractivity contribution in [2.75, 3.05) is 30.8 Å². The Labute approximate surface area is 173 Å². The Kier molecular flexibility index (Phi) is 6.93. The second-order valence-electron chi connectivity index (χ2n) is 8.42. The molecule has 0 unspecified atom stereocenters. The van der Waals surface area contributed by atoms with Gasteiger partial charge >= 0.3 is 12.3 Å². The summed E-state index contributed by atoms with van der Waals surface area (Å²) in [6.45, 7) is 10.6. The largest absolute Gasteiger partial charge is 0.444 e. The maximum absolute atomic E-state index is 13.4. The van der Waals surface area contributed by atoms with Crippen molar-refractivity contribution >= 4 is 24.0 Å². The fourth-order valence-electron chi connectivity index (χ4n) is 2.99. The second kappa shape index (κ2) is 8.55. The number of amides is 1. The second-order valence-corrected chi connectivity index (χ2v) is 9.22. The average Bonchev–Trinajstić information content (AvgIpc) is 2.56. The van der Waals surface area contributed by atoms with Gasteiger partial charge in [-0.2, -0.15) is 13.2 Å². The molecule has 2 rings (SSSR count). The lowest BCUT2D eigenvalue weighted by Gasteiger charge is -2.45. The molecule has 0 aromatic carbocycles. The van der Waals surface area contributed by atoms with Crippen LogP contribution in [-0.4, -0.2) is 57.4 Å². The molecule has 1 saturated heterocycles. The van der Waals surface area contributed by atoms with Crippen molar-refractivity contribution in [2.45, 2.75) is 58.5 Å². The molecule has 1 fully saturated rings. The zero-order valence-corrected chi connectivity index (χ0v) is 18.4. The van der Waals surface area contributed by atoms with Crippen LogP contribution in [0.3, 0.4) is 0 Å². The number of piperazine rings is 1. The van der Waals surface area contributed by atoms with Gasteiger partial charge in [0.25, 0.3) is 0 Å². The van der Waals surface area contributed by atoms with Gasteiger partial charge in [0.1, 0.15) is 11.3 Å². The van der Waals surface area contributed by atoms with Gasteiger partial charge in [-0.15, -0.1) is 0 Å². The fourth-order valence-corrected chi connectivity index (χ4v) is 3.80. The molecule has 1 amide bonds. The van der Waals surface area contributed by atoms with E-state index in [2.05, 4.69) is 19.6 Å². The van der Waals surface area contributed by atoms with Gasteiger partial charge in [0.05, 0.1) is 12.2 Å². The van der Waals surface area contributed by atoms with E-state index in [9.17, 15) is 18.0 Å². The summed E-state index contributed by atoms with van der Waals surface area (Å²) in [6, 6.07) is 0.851. The minimum Gasteiger partial charge on any atom is -0.444 e. The minimum absolute atomic E-state index is 0.00893. The quantitative estimate of drug-likeness (QED) is 0.723. The molecule has 0 atom stereocenters. The molecule has 0 aliphatic carbocycles. The number of ether oxygens (including phenoxy) is 1. The van der Waals surface area contributed by atoms with Crippen LogP contribution in [-0.2, 0) is 17.5 Å². The van der Waals surface area contributed by atoms with E-state index in [4.69, 9.17) is 4.74 Å². The van der Waals surface area contributed by atoms with Gasteiger partial charge in [-0.1, -0.05) is 11.9 Å². The van der Waals surface area contributed by atoms with Gasteiger partial charge < -0.3 is 15.0 Å². The number of halogens is 3. The van der Waals surface area contributed by atoms with E-state index in [0.717, 1.165) is 6.07 Å². The summed E-state index contributed by atoms with van der Waals surface area (Å²) in [5.74, 6) is 0.00893. The SMILES string of the molecule is CSN1CCN(c2nc(CNC(=O)OC(C)(C)C)cc(C(F)(F)F)n2)CC1(C)C. The predicted octanol–water partition coefficient (Wildman–Crippen LogP) is 3.70. The summed E-state index contributed by atoms with van der Waals surface area (Å²) < 4.78 is 47.4. The Morgan fingerprint density at radius 3 is 2.45 bits per heavy atom. The molecule has 1 N–H and O–H groups in total. The molecular weight excluding hydrogens is 407 g/mol. The van der Waals surface area contributed by atoms with E-state index in [1.165, 1.54) is 0 Å². The van der Waals surface area contributed by atoms with Gasteiger partial charge in [-0.3, -0.25) is 0 Å². The topological polar surface area (TPSA) is 70.6 Å². The van der Waals surface area contributed by atoms with Crippen LogP contribution >= 0.6 is 11.9 Å². The number of nitrogens with one attached hydrogen (secondary N) is 1.